The van der Waals surface area contributed by atoms with Crippen molar-refractivity contribution < 1.29 is 71.1 Å². The maximum atomic E-state index is 11.5. The second-order valence-corrected chi connectivity index (χ2v) is 9.39. The normalized spacial score (nSPS) is 14.3. The Morgan fingerprint density at radius 1 is 0.919 bits per heavy atom. The molecule has 2 unspecified atom stereocenters. The number of carbonyl (C=O) groups excluding carboxylic acids is 3. The molecule has 0 fully saturated rings. The monoisotopic (exact) mass is 545 g/mol. The van der Waals surface area contributed by atoms with Crippen LogP contribution >= 0.6 is 0 Å². The van der Waals surface area contributed by atoms with Crippen LogP contribution in [0.2, 0.25) is 0 Å². The number of alkyl carbamates (subject to hydrolysis) is 2. The second-order valence-electron chi connectivity index (χ2n) is 9.39. The summed E-state index contributed by atoms with van der Waals surface area (Å²) in [6, 6.07) is -2.14. The van der Waals surface area contributed by atoms with Gasteiger partial charge in [-0.2, -0.15) is 5.26 Å². The van der Waals surface area contributed by atoms with Gasteiger partial charge in [-0.1, -0.05) is 40.5 Å². The van der Waals surface area contributed by atoms with E-state index in [-0.39, 0.29) is 56.0 Å². The van der Waals surface area contributed by atoms with Crippen molar-refractivity contribution in [2.24, 2.45) is 16.6 Å². The third-order valence-electron chi connectivity index (χ3n) is 4.46. The standard InChI is InChI=1S/C12H24N2O4.C11H23NO3.CHNO.Na/c1-5-6-12(4,7-17-10(13)15)8-18-11(16)14-9(2)3;1-5-6-11(4,7-13)8-15-10(14)12-9(2)3;2-1-3;/h9H,5-8H2,1-4H3,(H2,13,15)(H,14,16);9,13H,5-8H2,1-4H3,(H,12,14);3H;/q;;;+1/i2*9D;;. The van der Waals surface area contributed by atoms with E-state index in [0.717, 1.165) is 31.9 Å². The van der Waals surface area contributed by atoms with Gasteiger partial charge in [-0.15, -0.1) is 0 Å². The number of aliphatic hydroxyl groups excluding tert-OH is 2. The number of rotatable bonds is 13. The Labute approximate surface area is 247 Å². The smallest absolute Gasteiger partial charge is 0.449 e. The molecule has 0 aromatic rings. The Bertz CT molecular complexity index is 745. The van der Waals surface area contributed by atoms with Crippen LogP contribution in [0.3, 0.4) is 0 Å². The summed E-state index contributed by atoms with van der Waals surface area (Å²) in [5, 5.41) is 27.7. The van der Waals surface area contributed by atoms with E-state index in [0.29, 0.717) is 0 Å². The van der Waals surface area contributed by atoms with E-state index < -0.39 is 41.1 Å². The van der Waals surface area contributed by atoms with Crippen molar-refractivity contribution in [1.29, 1.82) is 5.26 Å². The number of aliphatic hydroxyl groups is 2. The van der Waals surface area contributed by atoms with Crippen molar-refractivity contribution in [3.8, 4) is 6.26 Å². The molecule has 0 aromatic carbocycles. The van der Waals surface area contributed by atoms with E-state index in [4.69, 9.17) is 33.1 Å². The quantitative estimate of drug-likeness (QED) is 0.126. The molecule has 6 N–H and O–H groups in total. The van der Waals surface area contributed by atoms with Crippen molar-refractivity contribution in [2.75, 3.05) is 26.4 Å². The summed E-state index contributed by atoms with van der Waals surface area (Å²) in [6.07, 6.45) is 1.91. The number of nitriles is 1. The number of primary amides is 1. The van der Waals surface area contributed by atoms with Gasteiger partial charge < -0.3 is 40.8 Å². The number of carbonyl (C=O) groups is 3. The van der Waals surface area contributed by atoms with Crippen molar-refractivity contribution >= 4 is 18.3 Å². The van der Waals surface area contributed by atoms with Crippen molar-refractivity contribution in [1.82, 2.24) is 10.6 Å². The molecule has 13 heteroatoms. The summed E-state index contributed by atoms with van der Waals surface area (Å²) in [6.45, 7) is 14.2. The SMILES string of the molecule is N#CO.[2H]C(C)(C)NC(=O)OCC(C)(CCC)COC(N)=O.[2H]C(C)(C)NC(=O)OCC(C)(CO)CCC.[Na+]. The molecule has 0 rings (SSSR count). The largest absolute Gasteiger partial charge is 1.00 e. The van der Waals surface area contributed by atoms with Crippen LogP contribution in [0.4, 0.5) is 14.4 Å². The molecule has 0 aliphatic carbocycles. The maximum absolute atomic E-state index is 11.5. The van der Waals surface area contributed by atoms with E-state index in [2.05, 4.69) is 10.6 Å². The van der Waals surface area contributed by atoms with Gasteiger partial charge in [-0.3, -0.25) is 0 Å². The zero-order valence-corrected chi connectivity index (χ0v) is 26.0. The molecule has 0 aliphatic heterocycles. The van der Waals surface area contributed by atoms with E-state index in [1.165, 1.54) is 13.8 Å². The molecule has 2 atom stereocenters. The number of hydrogen-bond acceptors (Lipinski definition) is 9. The molecule has 0 bridgehead atoms. The van der Waals surface area contributed by atoms with Crippen molar-refractivity contribution in [3.05, 3.63) is 0 Å². The summed E-state index contributed by atoms with van der Waals surface area (Å²) in [5.41, 5.74) is 4.06. The first-order valence-electron chi connectivity index (χ1n) is 12.7. The molecule has 0 saturated heterocycles. The Kier molecular flexibility index (Phi) is 24.5. The van der Waals surface area contributed by atoms with E-state index in [9.17, 15) is 19.5 Å². The molecule has 0 aromatic heterocycles. The van der Waals surface area contributed by atoms with Gasteiger partial charge in [0.1, 0.15) is 19.8 Å². The fourth-order valence-corrected chi connectivity index (χ4v) is 2.80. The average molecular weight is 546 g/mol. The van der Waals surface area contributed by atoms with Gasteiger partial charge in [0.15, 0.2) is 0 Å². The van der Waals surface area contributed by atoms with Gasteiger partial charge in [0.25, 0.3) is 6.26 Å². The molecule has 0 saturated carbocycles. The first-order valence-corrected chi connectivity index (χ1v) is 11.7. The van der Waals surface area contributed by atoms with Crippen molar-refractivity contribution in [2.45, 2.75) is 93.1 Å². The number of hydrogen-bond donors (Lipinski definition) is 5. The van der Waals surface area contributed by atoms with Crippen LogP contribution in [0, 0.1) is 22.3 Å². The zero-order chi connectivity index (χ0) is 30.6. The second kappa shape index (κ2) is 24.4. The van der Waals surface area contributed by atoms with Crippen LogP contribution in [-0.2, 0) is 14.2 Å². The molecule has 212 valence electrons. The zero-order valence-electron chi connectivity index (χ0n) is 26.0. The fraction of sp³-hybridized carbons (Fsp3) is 0.833. The van der Waals surface area contributed by atoms with Crippen LogP contribution in [0.5, 0.6) is 0 Å². The van der Waals surface area contributed by atoms with Gasteiger partial charge in [0.05, 0.1) is 9.35 Å². The Morgan fingerprint density at radius 3 is 1.54 bits per heavy atom. The number of nitrogens with one attached hydrogen (secondary N) is 2. The third kappa shape index (κ3) is 28.5. The fourth-order valence-electron chi connectivity index (χ4n) is 2.80. The van der Waals surface area contributed by atoms with Crippen LogP contribution in [0.15, 0.2) is 0 Å². The third-order valence-corrected chi connectivity index (χ3v) is 4.46. The number of nitrogens with zero attached hydrogens (tertiary/aromatic N) is 1. The summed E-state index contributed by atoms with van der Waals surface area (Å²) >= 11 is 0. The minimum atomic E-state index is -1.10. The van der Waals surface area contributed by atoms with E-state index in [1.807, 2.05) is 27.7 Å². The maximum Gasteiger partial charge on any atom is 1.00 e. The first-order chi connectivity index (χ1) is 17.2. The minimum Gasteiger partial charge on any atom is -0.449 e. The van der Waals surface area contributed by atoms with Gasteiger partial charge in [0.2, 0.25) is 0 Å². The summed E-state index contributed by atoms with van der Waals surface area (Å²) in [5.74, 6) is 0. The van der Waals surface area contributed by atoms with E-state index in [1.54, 1.807) is 13.8 Å². The van der Waals surface area contributed by atoms with Gasteiger partial charge in [0, 0.05) is 22.9 Å². The summed E-state index contributed by atoms with van der Waals surface area (Å²) in [7, 11) is 0. The molecule has 0 spiro atoms. The molecule has 12 nitrogen and oxygen atoms in total. The molecule has 37 heavy (non-hydrogen) atoms. The molecule has 0 aliphatic rings. The molecular formula is C24H48N4NaO8+. The van der Waals surface area contributed by atoms with Crippen LogP contribution in [0.1, 0.15) is 83.8 Å². The predicted octanol–water partition coefficient (Wildman–Crippen LogP) is 0.786. The Balaban J connectivity index is -0.000000281. The number of amides is 3. The van der Waals surface area contributed by atoms with Gasteiger partial charge in [-0.25, -0.2) is 14.4 Å². The van der Waals surface area contributed by atoms with Crippen molar-refractivity contribution in [3.63, 3.8) is 0 Å². The number of ether oxygens (including phenoxy) is 3. The molecular weight excluding hydrogens is 495 g/mol. The predicted molar refractivity (Wildman–Crippen MR) is 135 cm³/mol. The first kappa shape index (κ1) is 37.2. The van der Waals surface area contributed by atoms with Crippen LogP contribution in [-0.4, -0.2) is 67.0 Å². The molecule has 3 amide bonds. The number of nitrogens with two attached hydrogens (primary N) is 1. The Morgan fingerprint density at radius 2 is 1.24 bits per heavy atom. The summed E-state index contributed by atoms with van der Waals surface area (Å²) < 4.78 is 29.8. The van der Waals surface area contributed by atoms with Crippen LogP contribution in [0.25, 0.3) is 0 Å². The average Bonchev–Trinajstić information content (AvgIpc) is 2.74. The summed E-state index contributed by atoms with van der Waals surface area (Å²) in [4.78, 5) is 33.4. The topological polar surface area (TPSA) is 193 Å². The van der Waals surface area contributed by atoms with Gasteiger partial charge >= 0.3 is 47.8 Å². The molecule has 0 heterocycles. The molecule has 0 radical (unpaired) electrons. The van der Waals surface area contributed by atoms with E-state index >= 15 is 0 Å². The minimum absolute atomic E-state index is 0. The van der Waals surface area contributed by atoms with Gasteiger partial charge in [-0.05, 0) is 40.5 Å². The Hall–Kier alpha value is -1.94. The van der Waals surface area contributed by atoms with Crippen LogP contribution < -0.4 is 45.9 Å².